The summed E-state index contributed by atoms with van der Waals surface area (Å²) in [6.07, 6.45) is 7.21. The van der Waals surface area contributed by atoms with E-state index in [4.69, 9.17) is 9.47 Å². The summed E-state index contributed by atoms with van der Waals surface area (Å²) in [5.41, 5.74) is 2.16. The molecule has 0 unspecified atom stereocenters. The number of methoxy groups -OCH3 is 2. The van der Waals surface area contributed by atoms with Gasteiger partial charge in [0.25, 0.3) is 0 Å². The fourth-order valence-corrected chi connectivity index (χ4v) is 3.52. The lowest BCUT2D eigenvalue weighted by molar-refractivity contribution is 0.354. The zero-order valence-electron chi connectivity index (χ0n) is 16.5. The number of hydrogen-bond acceptors (Lipinski definition) is 6. The molecule has 0 spiro atoms. The molecule has 0 radical (unpaired) electrons. The third-order valence-electron chi connectivity index (χ3n) is 4.96. The van der Waals surface area contributed by atoms with Gasteiger partial charge in [0.1, 0.15) is 5.82 Å². The Balaban J connectivity index is 1.57. The molecule has 2 N–H and O–H groups in total. The van der Waals surface area contributed by atoms with E-state index in [2.05, 4.69) is 26.7 Å². The molecule has 1 aliphatic rings. The monoisotopic (exact) mass is 370 g/mol. The maximum absolute atomic E-state index is 5.37. The van der Waals surface area contributed by atoms with Crippen molar-refractivity contribution < 1.29 is 9.47 Å². The maximum Gasteiger partial charge on any atom is 0.225 e. The summed E-state index contributed by atoms with van der Waals surface area (Å²) in [5.74, 6) is 3.10. The van der Waals surface area contributed by atoms with Crippen molar-refractivity contribution in [1.82, 2.24) is 9.97 Å². The standard InChI is InChI=1S/C21H30N4O2/c1-15-13-20(25-21(23-15)24-17-7-5-4-6-8-17)22-12-11-16-9-10-18(26-2)19(14-16)27-3/h9-10,13-14,17H,4-8,11-12H2,1-3H3,(H2,22,23,24,25). The summed E-state index contributed by atoms with van der Waals surface area (Å²) in [6.45, 7) is 2.79. The molecule has 1 fully saturated rings. The predicted octanol–water partition coefficient (Wildman–Crippen LogP) is 4.20. The highest BCUT2D eigenvalue weighted by Gasteiger charge is 2.14. The van der Waals surface area contributed by atoms with E-state index < -0.39 is 0 Å². The summed E-state index contributed by atoms with van der Waals surface area (Å²) >= 11 is 0. The van der Waals surface area contributed by atoms with Gasteiger partial charge in [0.15, 0.2) is 11.5 Å². The van der Waals surface area contributed by atoms with Gasteiger partial charge in [-0.3, -0.25) is 0 Å². The number of hydrogen-bond donors (Lipinski definition) is 2. The van der Waals surface area contributed by atoms with Crippen LogP contribution in [0.3, 0.4) is 0 Å². The first-order chi connectivity index (χ1) is 13.2. The van der Waals surface area contributed by atoms with Crippen molar-refractivity contribution in [2.75, 3.05) is 31.4 Å². The van der Waals surface area contributed by atoms with Gasteiger partial charge in [-0.2, -0.15) is 4.98 Å². The zero-order chi connectivity index (χ0) is 19.1. The van der Waals surface area contributed by atoms with Crippen LogP contribution < -0.4 is 20.1 Å². The molecular weight excluding hydrogens is 340 g/mol. The van der Waals surface area contributed by atoms with E-state index in [1.165, 1.54) is 37.7 Å². The molecule has 6 heteroatoms. The van der Waals surface area contributed by atoms with Crippen molar-refractivity contribution in [3.8, 4) is 11.5 Å². The van der Waals surface area contributed by atoms with Crippen LogP contribution in [0.15, 0.2) is 24.3 Å². The average Bonchev–Trinajstić information content (AvgIpc) is 2.68. The molecule has 2 aromatic rings. The third kappa shape index (κ3) is 5.49. The van der Waals surface area contributed by atoms with Crippen LogP contribution in [0.1, 0.15) is 43.4 Å². The largest absolute Gasteiger partial charge is 0.493 e. The first kappa shape index (κ1) is 19.3. The lowest BCUT2D eigenvalue weighted by atomic mass is 9.96. The molecule has 27 heavy (non-hydrogen) atoms. The Morgan fingerprint density at radius 3 is 2.52 bits per heavy atom. The van der Waals surface area contributed by atoms with Crippen molar-refractivity contribution in [3.63, 3.8) is 0 Å². The minimum absolute atomic E-state index is 0.500. The SMILES string of the molecule is COc1ccc(CCNc2cc(C)nc(NC3CCCCC3)n2)cc1OC. The molecule has 146 valence electrons. The Morgan fingerprint density at radius 2 is 1.78 bits per heavy atom. The van der Waals surface area contributed by atoms with Crippen LogP contribution in [0, 0.1) is 6.92 Å². The van der Waals surface area contributed by atoms with Gasteiger partial charge in [-0.05, 0) is 43.9 Å². The Labute approximate surface area is 161 Å². The van der Waals surface area contributed by atoms with Gasteiger partial charge >= 0.3 is 0 Å². The third-order valence-corrected chi connectivity index (χ3v) is 4.96. The smallest absolute Gasteiger partial charge is 0.225 e. The van der Waals surface area contributed by atoms with Crippen LogP contribution in [0.25, 0.3) is 0 Å². The average molecular weight is 370 g/mol. The lowest BCUT2D eigenvalue weighted by Gasteiger charge is -2.23. The van der Waals surface area contributed by atoms with E-state index in [9.17, 15) is 0 Å². The number of aromatic nitrogens is 2. The molecule has 6 nitrogen and oxygen atoms in total. The van der Waals surface area contributed by atoms with E-state index in [-0.39, 0.29) is 0 Å². The first-order valence-electron chi connectivity index (χ1n) is 9.75. The molecule has 0 saturated heterocycles. The summed E-state index contributed by atoms with van der Waals surface area (Å²) < 4.78 is 10.7. The van der Waals surface area contributed by atoms with Crippen molar-refractivity contribution in [3.05, 3.63) is 35.5 Å². The number of ether oxygens (including phenoxy) is 2. The molecule has 1 aliphatic carbocycles. The van der Waals surface area contributed by atoms with Crippen molar-refractivity contribution >= 4 is 11.8 Å². The van der Waals surface area contributed by atoms with E-state index >= 15 is 0 Å². The van der Waals surface area contributed by atoms with Gasteiger partial charge in [0.05, 0.1) is 14.2 Å². The number of aryl methyl sites for hydroxylation is 1. The Bertz CT molecular complexity index is 745. The second-order valence-electron chi connectivity index (χ2n) is 7.06. The highest BCUT2D eigenvalue weighted by atomic mass is 16.5. The van der Waals surface area contributed by atoms with E-state index in [0.717, 1.165) is 41.9 Å². The maximum atomic E-state index is 5.37. The highest BCUT2D eigenvalue weighted by Crippen LogP contribution is 2.27. The topological polar surface area (TPSA) is 68.3 Å². The van der Waals surface area contributed by atoms with Crippen LogP contribution in [0.4, 0.5) is 11.8 Å². The van der Waals surface area contributed by atoms with Crippen molar-refractivity contribution in [2.45, 2.75) is 51.5 Å². The van der Waals surface area contributed by atoms with Gasteiger partial charge < -0.3 is 20.1 Å². The summed E-state index contributed by atoms with van der Waals surface area (Å²) in [6, 6.07) is 8.50. The minimum Gasteiger partial charge on any atom is -0.493 e. The molecule has 1 aromatic carbocycles. The highest BCUT2D eigenvalue weighted by molar-refractivity contribution is 5.44. The number of nitrogens with one attached hydrogen (secondary N) is 2. The van der Waals surface area contributed by atoms with Crippen LogP contribution in [-0.4, -0.2) is 36.8 Å². The van der Waals surface area contributed by atoms with Crippen molar-refractivity contribution in [2.24, 2.45) is 0 Å². The first-order valence-corrected chi connectivity index (χ1v) is 9.75. The van der Waals surface area contributed by atoms with Gasteiger partial charge in [0.2, 0.25) is 5.95 Å². The van der Waals surface area contributed by atoms with Crippen LogP contribution >= 0.6 is 0 Å². The second kappa shape index (κ2) is 9.44. The van der Waals surface area contributed by atoms with Gasteiger partial charge in [0, 0.05) is 24.3 Å². The van der Waals surface area contributed by atoms with E-state index in [0.29, 0.717) is 6.04 Å². The predicted molar refractivity (Wildman–Crippen MR) is 109 cm³/mol. The normalized spacial score (nSPS) is 14.6. The Hall–Kier alpha value is -2.50. The molecule has 1 aromatic heterocycles. The molecule has 1 saturated carbocycles. The fourth-order valence-electron chi connectivity index (χ4n) is 3.52. The fraction of sp³-hybridized carbons (Fsp3) is 0.524. The quantitative estimate of drug-likeness (QED) is 0.726. The van der Waals surface area contributed by atoms with Gasteiger partial charge in [-0.25, -0.2) is 4.98 Å². The summed E-state index contributed by atoms with van der Waals surface area (Å²) in [7, 11) is 3.31. The van der Waals surface area contributed by atoms with Crippen LogP contribution in [0.5, 0.6) is 11.5 Å². The number of benzene rings is 1. The Morgan fingerprint density at radius 1 is 1.00 bits per heavy atom. The lowest BCUT2D eigenvalue weighted by Crippen LogP contribution is -2.24. The van der Waals surface area contributed by atoms with Crippen molar-refractivity contribution in [1.29, 1.82) is 0 Å². The summed E-state index contributed by atoms with van der Waals surface area (Å²) in [4.78, 5) is 9.19. The molecule has 3 rings (SSSR count). The number of anilines is 2. The molecule has 1 heterocycles. The van der Waals surface area contributed by atoms with E-state index in [1.54, 1.807) is 14.2 Å². The molecule has 0 aliphatic heterocycles. The van der Waals surface area contributed by atoms with Gasteiger partial charge in [-0.15, -0.1) is 0 Å². The Kier molecular flexibility index (Phi) is 6.74. The molecule has 0 bridgehead atoms. The molecular formula is C21H30N4O2. The van der Waals surface area contributed by atoms with E-state index in [1.807, 2.05) is 25.1 Å². The van der Waals surface area contributed by atoms with Gasteiger partial charge in [-0.1, -0.05) is 25.3 Å². The zero-order valence-corrected chi connectivity index (χ0v) is 16.5. The molecule has 0 amide bonds. The second-order valence-corrected chi connectivity index (χ2v) is 7.06. The minimum atomic E-state index is 0.500. The van der Waals surface area contributed by atoms with Crippen LogP contribution in [0.2, 0.25) is 0 Å². The molecule has 0 atom stereocenters. The number of rotatable bonds is 8. The summed E-state index contributed by atoms with van der Waals surface area (Å²) in [5, 5.41) is 6.92. The van der Waals surface area contributed by atoms with Crippen LogP contribution in [-0.2, 0) is 6.42 Å². The number of nitrogens with zero attached hydrogens (tertiary/aromatic N) is 2.